The standard InChI is InChI=1S/C16H20N2O4/c19-16(20)15-9-12-3-1-2-4-14(12)17(15)10-11-5-7-13(8-6-11)18(21)22/h5-8,12,14-15H,1-4,9-10H2,(H,19,20). The number of nitro benzene ring substituents is 1. The third-order valence-electron chi connectivity index (χ3n) is 5.02. The van der Waals surface area contributed by atoms with Gasteiger partial charge in [-0.15, -0.1) is 0 Å². The Morgan fingerprint density at radius 3 is 2.59 bits per heavy atom. The predicted octanol–water partition coefficient (Wildman–Crippen LogP) is 2.81. The molecule has 3 rings (SSSR count). The number of hydrogen-bond acceptors (Lipinski definition) is 4. The smallest absolute Gasteiger partial charge is 0.320 e. The second-order valence-corrected chi connectivity index (χ2v) is 6.30. The summed E-state index contributed by atoms with van der Waals surface area (Å²) in [4.78, 5) is 23.9. The topological polar surface area (TPSA) is 83.7 Å². The summed E-state index contributed by atoms with van der Waals surface area (Å²) in [5.74, 6) is -0.274. The molecular weight excluding hydrogens is 284 g/mol. The number of rotatable bonds is 4. The first-order valence-corrected chi connectivity index (χ1v) is 7.78. The lowest BCUT2D eigenvalue weighted by Gasteiger charge is -2.33. The van der Waals surface area contributed by atoms with Crippen LogP contribution in [0.2, 0.25) is 0 Å². The second kappa shape index (κ2) is 6.04. The molecule has 1 heterocycles. The largest absolute Gasteiger partial charge is 0.480 e. The van der Waals surface area contributed by atoms with Gasteiger partial charge in [0.05, 0.1) is 4.92 Å². The van der Waals surface area contributed by atoms with Gasteiger partial charge in [0.2, 0.25) is 0 Å². The summed E-state index contributed by atoms with van der Waals surface area (Å²) in [6.07, 6.45) is 5.25. The van der Waals surface area contributed by atoms with Gasteiger partial charge in [-0.1, -0.05) is 25.0 Å². The molecule has 1 saturated heterocycles. The van der Waals surface area contributed by atoms with Gasteiger partial charge in [-0.25, -0.2) is 0 Å². The van der Waals surface area contributed by atoms with Gasteiger partial charge in [-0.3, -0.25) is 19.8 Å². The van der Waals surface area contributed by atoms with E-state index in [1.165, 1.54) is 18.6 Å². The van der Waals surface area contributed by atoms with E-state index < -0.39 is 16.9 Å². The molecule has 1 saturated carbocycles. The van der Waals surface area contributed by atoms with Crippen LogP contribution in [0.3, 0.4) is 0 Å². The Balaban J connectivity index is 1.78. The van der Waals surface area contributed by atoms with Crippen LogP contribution in [0.1, 0.15) is 37.7 Å². The van der Waals surface area contributed by atoms with E-state index in [4.69, 9.17) is 0 Å². The molecule has 1 aromatic rings. The number of carbonyl (C=O) groups is 1. The highest BCUT2D eigenvalue weighted by Crippen LogP contribution is 2.40. The number of nitrogens with zero attached hydrogens (tertiary/aromatic N) is 2. The van der Waals surface area contributed by atoms with E-state index in [2.05, 4.69) is 4.90 Å². The molecule has 0 radical (unpaired) electrons. The molecule has 0 amide bonds. The van der Waals surface area contributed by atoms with Crippen molar-refractivity contribution in [3.05, 3.63) is 39.9 Å². The minimum atomic E-state index is -0.753. The monoisotopic (exact) mass is 304 g/mol. The van der Waals surface area contributed by atoms with Gasteiger partial charge in [0.25, 0.3) is 5.69 Å². The van der Waals surface area contributed by atoms with Crippen molar-refractivity contribution in [1.29, 1.82) is 0 Å². The number of non-ortho nitro benzene ring substituents is 1. The number of benzene rings is 1. The Bertz CT molecular complexity index is 572. The van der Waals surface area contributed by atoms with Gasteiger partial charge >= 0.3 is 5.97 Å². The van der Waals surface area contributed by atoms with Crippen molar-refractivity contribution in [3.8, 4) is 0 Å². The van der Waals surface area contributed by atoms with Gasteiger partial charge in [0.15, 0.2) is 0 Å². The lowest BCUT2D eigenvalue weighted by atomic mass is 9.84. The summed E-state index contributed by atoms with van der Waals surface area (Å²) >= 11 is 0. The minimum absolute atomic E-state index is 0.0653. The molecule has 1 aliphatic heterocycles. The van der Waals surface area contributed by atoms with E-state index in [0.29, 0.717) is 18.5 Å². The van der Waals surface area contributed by atoms with Crippen LogP contribution in [-0.2, 0) is 11.3 Å². The van der Waals surface area contributed by atoms with Crippen molar-refractivity contribution in [3.63, 3.8) is 0 Å². The molecule has 3 unspecified atom stereocenters. The third-order valence-corrected chi connectivity index (χ3v) is 5.02. The maximum Gasteiger partial charge on any atom is 0.320 e. The molecule has 6 nitrogen and oxygen atoms in total. The molecule has 2 aliphatic rings. The summed E-state index contributed by atoms with van der Waals surface area (Å²) in [6.45, 7) is 0.552. The third kappa shape index (κ3) is 2.83. The van der Waals surface area contributed by atoms with Gasteiger partial charge in [0, 0.05) is 24.7 Å². The molecule has 118 valence electrons. The molecule has 1 aromatic carbocycles. The number of likely N-dealkylation sites (tertiary alicyclic amines) is 1. The van der Waals surface area contributed by atoms with Gasteiger partial charge in [0.1, 0.15) is 6.04 Å². The van der Waals surface area contributed by atoms with Crippen molar-refractivity contribution in [2.24, 2.45) is 5.92 Å². The van der Waals surface area contributed by atoms with E-state index in [1.54, 1.807) is 12.1 Å². The highest BCUT2D eigenvalue weighted by atomic mass is 16.6. The second-order valence-electron chi connectivity index (χ2n) is 6.30. The summed E-state index contributed by atoms with van der Waals surface area (Å²) in [5.41, 5.74) is 0.999. The zero-order chi connectivity index (χ0) is 15.7. The van der Waals surface area contributed by atoms with Crippen molar-refractivity contribution >= 4 is 11.7 Å². The molecule has 0 spiro atoms. The fourth-order valence-corrected chi connectivity index (χ4v) is 3.96. The summed E-state index contributed by atoms with van der Waals surface area (Å²) in [5, 5.41) is 20.2. The van der Waals surface area contributed by atoms with Crippen LogP contribution in [0.25, 0.3) is 0 Å². The van der Waals surface area contributed by atoms with Gasteiger partial charge < -0.3 is 5.11 Å². The van der Waals surface area contributed by atoms with Crippen molar-refractivity contribution in [2.75, 3.05) is 0 Å². The Morgan fingerprint density at radius 2 is 1.95 bits per heavy atom. The first kappa shape index (κ1) is 15.0. The Labute approximate surface area is 128 Å². The lowest BCUT2D eigenvalue weighted by Crippen LogP contribution is -2.41. The Hall–Kier alpha value is -1.95. The number of aliphatic carboxylic acids is 1. The van der Waals surface area contributed by atoms with Gasteiger partial charge in [-0.2, -0.15) is 0 Å². The summed E-state index contributed by atoms with van der Waals surface area (Å²) in [6, 6.07) is 6.34. The number of carboxylic acid groups (broad SMARTS) is 1. The minimum Gasteiger partial charge on any atom is -0.480 e. The van der Waals surface area contributed by atoms with Crippen LogP contribution in [0, 0.1) is 16.0 Å². The molecule has 22 heavy (non-hydrogen) atoms. The van der Waals surface area contributed by atoms with Crippen LogP contribution in [0.5, 0.6) is 0 Å². The molecule has 6 heteroatoms. The Morgan fingerprint density at radius 1 is 1.27 bits per heavy atom. The molecule has 2 fully saturated rings. The highest BCUT2D eigenvalue weighted by molar-refractivity contribution is 5.74. The van der Waals surface area contributed by atoms with Crippen molar-refractivity contribution in [2.45, 2.75) is 50.7 Å². The van der Waals surface area contributed by atoms with Crippen molar-refractivity contribution in [1.82, 2.24) is 4.90 Å². The maximum atomic E-state index is 11.6. The Kier molecular flexibility index (Phi) is 4.11. The van der Waals surface area contributed by atoms with E-state index in [-0.39, 0.29) is 5.69 Å². The van der Waals surface area contributed by atoms with Crippen molar-refractivity contribution < 1.29 is 14.8 Å². The first-order valence-electron chi connectivity index (χ1n) is 7.78. The van der Waals surface area contributed by atoms with Crippen LogP contribution in [0.4, 0.5) is 5.69 Å². The van der Waals surface area contributed by atoms with Crippen LogP contribution < -0.4 is 0 Å². The number of fused-ring (bicyclic) bond motifs is 1. The van der Waals surface area contributed by atoms with E-state index in [1.807, 2.05) is 0 Å². The highest BCUT2D eigenvalue weighted by Gasteiger charge is 2.44. The number of nitro groups is 1. The zero-order valence-electron chi connectivity index (χ0n) is 12.4. The van der Waals surface area contributed by atoms with Crippen LogP contribution in [-0.4, -0.2) is 33.0 Å². The van der Waals surface area contributed by atoms with Crippen LogP contribution in [0.15, 0.2) is 24.3 Å². The molecule has 0 aromatic heterocycles. The fraction of sp³-hybridized carbons (Fsp3) is 0.562. The zero-order valence-corrected chi connectivity index (χ0v) is 12.4. The normalized spacial score (nSPS) is 28.3. The van der Waals surface area contributed by atoms with E-state index >= 15 is 0 Å². The number of carboxylic acids is 1. The average Bonchev–Trinajstić information content (AvgIpc) is 2.87. The maximum absolute atomic E-state index is 11.6. The summed E-state index contributed by atoms with van der Waals surface area (Å²) < 4.78 is 0. The van der Waals surface area contributed by atoms with Crippen LogP contribution >= 0.6 is 0 Å². The summed E-state index contributed by atoms with van der Waals surface area (Å²) in [7, 11) is 0. The predicted molar refractivity (Wildman–Crippen MR) is 80.4 cm³/mol. The molecule has 3 atom stereocenters. The lowest BCUT2D eigenvalue weighted by molar-refractivity contribution is -0.384. The molecular formula is C16H20N2O4. The van der Waals surface area contributed by atoms with Gasteiger partial charge in [-0.05, 0) is 30.7 Å². The first-order chi connectivity index (χ1) is 10.6. The van der Waals surface area contributed by atoms with E-state index in [9.17, 15) is 20.0 Å². The molecule has 1 N–H and O–H groups in total. The number of hydrogen-bond donors (Lipinski definition) is 1. The average molecular weight is 304 g/mol. The molecule has 0 bridgehead atoms. The quantitative estimate of drug-likeness (QED) is 0.683. The fourth-order valence-electron chi connectivity index (χ4n) is 3.96. The molecule has 1 aliphatic carbocycles. The van der Waals surface area contributed by atoms with E-state index in [0.717, 1.165) is 31.2 Å². The SMILES string of the molecule is O=C(O)C1CC2CCCCC2N1Cc1ccc([N+](=O)[O-])cc1.